The fourth-order valence-corrected chi connectivity index (χ4v) is 2.20. The van der Waals surface area contributed by atoms with E-state index in [1.54, 1.807) is 0 Å². The van der Waals surface area contributed by atoms with Crippen LogP contribution in [0.25, 0.3) is 0 Å². The number of piperazine rings is 1. The minimum atomic E-state index is -0.130. The van der Waals surface area contributed by atoms with Crippen LogP contribution >= 0.6 is 0 Å². The van der Waals surface area contributed by atoms with Gasteiger partial charge < -0.3 is 15.5 Å². The Kier molecular flexibility index (Phi) is 6.75. The lowest BCUT2D eigenvalue weighted by molar-refractivity contribution is -0.123. The maximum Gasteiger partial charge on any atom is 0.237 e. The highest BCUT2D eigenvalue weighted by molar-refractivity contribution is 5.81. The predicted molar refractivity (Wildman–Crippen MR) is 79.3 cm³/mol. The number of hydrogen-bond donors (Lipinski definition) is 2. The Hall–Kier alpha value is -0.650. The van der Waals surface area contributed by atoms with Crippen molar-refractivity contribution in [3.05, 3.63) is 0 Å². The van der Waals surface area contributed by atoms with Gasteiger partial charge in [-0.15, -0.1) is 0 Å². The molecule has 0 aromatic heterocycles. The van der Waals surface area contributed by atoms with Crippen LogP contribution in [0.4, 0.5) is 0 Å². The number of likely N-dealkylation sites (N-methyl/N-ethyl adjacent to an activating group) is 2. The number of carbonyl (C=O) groups excluding carboxylic acids is 1. The molecule has 1 fully saturated rings. The highest BCUT2D eigenvalue weighted by Crippen LogP contribution is 2.05. The fraction of sp³-hybridized carbons (Fsp3) is 0.929. The van der Waals surface area contributed by atoms with Crippen molar-refractivity contribution in [2.24, 2.45) is 0 Å². The van der Waals surface area contributed by atoms with E-state index in [0.717, 1.165) is 32.6 Å². The van der Waals surface area contributed by atoms with Crippen molar-refractivity contribution < 1.29 is 4.79 Å². The SMILES string of the molecule is CCC(C)NC(=O)C(C)NCC1CN(C)CCN1C. The van der Waals surface area contributed by atoms with E-state index in [0.29, 0.717) is 6.04 Å². The van der Waals surface area contributed by atoms with Crippen LogP contribution in [0.2, 0.25) is 0 Å². The minimum absolute atomic E-state index is 0.0983. The minimum Gasteiger partial charge on any atom is -0.352 e. The fourth-order valence-electron chi connectivity index (χ4n) is 2.20. The molecule has 3 unspecified atom stereocenters. The van der Waals surface area contributed by atoms with E-state index >= 15 is 0 Å². The van der Waals surface area contributed by atoms with Gasteiger partial charge in [-0.25, -0.2) is 0 Å². The van der Waals surface area contributed by atoms with Crippen LogP contribution in [-0.2, 0) is 4.79 Å². The Balaban J connectivity index is 2.32. The van der Waals surface area contributed by atoms with Gasteiger partial charge >= 0.3 is 0 Å². The number of amides is 1. The van der Waals surface area contributed by atoms with Crippen molar-refractivity contribution in [3.8, 4) is 0 Å². The quantitative estimate of drug-likeness (QED) is 0.720. The standard InChI is InChI=1S/C14H30N4O/c1-6-11(2)16-14(19)12(3)15-9-13-10-17(4)7-8-18(13)5/h11-13,15H,6-10H2,1-5H3,(H,16,19). The Bertz CT molecular complexity index is 285. The lowest BCUT2D eigenvalue weighted by Crippen LogP contribution is -2.56. The molecule has 19 heavy (non-hydrogen) atoms. The molecule has 1 heterocycles. The summed E-state index contributed by atoms with van der Waals surface area (Å²) in [6.45, 7) is 10.2. The molecule has 5 nitrogen and oxygen atoms in total. The normalized spacial score (nSPS) is 25.0. The number of rotatable bonds is 6. The monoisotopic (exact) mass is 270 g/mol. The van der Waals surface area contributed by atoms with Crippen LogP contribution in [0, 0.1) is 0 Å². The molecular formula is C14H30N4O. The van der Waals surface area contributed by atoms with Gasteiger partial charge in [0.15, 0.2) is 0 Å². The molecule has 0 bridgehead atoms. The zero-order valence-corrected chi connectivity index (χ0v) is 13.1. The van der Waals surface area contributed by atoms with Crippen LogP contribution in [0.5, 0.6) is 0 Å². The number of carbonyl (C=O) groups is 1. The van der Waals surface area contributed by atoms with E-state index < -0.39 is 0 Å². The predicted octanol–water partition coefficient (Wildman–Crippen LogP) is 0.125. The van der Waals surface area contributed by atoms with Gasteiger partial charge in [0.1, 0.15) is 0 Å². The van der Waals surface area contributed by atoms with Crippen LogP contribution in [-0.4, -0.2) is 74.1 Å². The Morgan fingerprint density at radius 1 is 1.32 bits per heavy atom. The summed E-state index contributed by atoms with van der Waals surface area (Å²) in [5, 5.41) is 6.36. The average Bonchev–Trinajstić information content (AvgIpc) is 2.39. The van der Waals surface area contributed by atoms with Crippen molar-refractivity contribution in [2.75, 3.05) is 40.3 Å². The molecule has 1 saturated heterocycles. The third-order valence-electron chi connectivity index (χ3n) is 4.03. The van der Waals surface area contributed by atoms with E-state index in [4.69, 9.17) is 0 Å². The van der Waals surface area contributed by atoms with Crippen molar-refractivity contribution >= 4 is 5.91 Å². The molecule has 3 atom stereocenters. The summed E-state index contributed by atoms with van der Waals surface area (Å²) in [6.07, 6.45) is 0.967. The molecule has 1 rings (SSSR count). The van der Waals surface area contributed by atoms with Gasteiger partial charge in [0.05, 0.1) is 6.04 Å². The first-order valence-corrected chi connectivity index (χ1v) is 7.36. The van der Waals surface area contributed by atoms with Crippen LogP contribution in [0.3, 0.4) is 0 Å². The maximum atomic E-state index is 11.9. The number of nitrogens with zero attached hydrogens (tertiary/aromatic N) is 2. The zero-order chi connectivity index (χ0) is 14.4. The second kappa shape index (κ2) is 7.82. The van der Waals surface area contributed by atoms with Gasteiger partial charge in [0.25, 0.3) is 0 Å². The highest BCUT2D eigenvalue weighted by atomic mass is 16.2. The Morgan fingerprint density at radius 3 is 2.63 bits per heavy atom. The first-order valence-electron chi connectivity index (χ1n) is 7.36. The Labute approximate surface area is 117 Å². The van der Waals surface area contributed by atoms with Crippen LogP contribution in [0.15, 0.2) is 0 Å². The molecule has 5 heteroatoms. The first-order chi connectivity index (χ1) is 8.93. The highest BCUT2D eigenvalue weighted by Gasteiger charge is 2.23. The molecule has 1 aliphatic rings. The largest absolute Gasteiger partial charge is 0.352 e. The summed E-state index contributed by atoms with van der Waals surface area (Å²) in [7, 11) is 4.31. The van der Waals surface area contributed by atoms with Crippen molar-refractivity contribution in [2.45, 2.75) is 45.3 Å². The molecule has 0 aromatic carbocycles. The molecule has 0 aromatic rings. The summed E-state index contributed by atoms with van der Waals surface area (Å²) >= 11 is 0. The van der Waals surface area contributed by atoms with E-state index in [2.05, 4.69) is 41.5 Å². The molecule has 1 aliphatic heterocycles. The summed E-state index contributed by atoms with van der Waals surface area (Å²) in [5.41, 5.74) is 0. The third kappa shape index (κ3) is 5.47. The summed E-state index contributed by atoms with van der Waals surface area (Å²) < 4.78 is 0. The zero-order valence-electron chi connectivity index (χ0n) is 13.1. The Morgan fingerprint density at radius 2 is 2.00 bits per heavy atom. The second-order valence-corrected chi connectivity index (χ2v) is 5.84. The van der Waals surface area contributed by atoms with Crippen LogP contribution < -0.4 is 10.6 Å². The van der Waals surface area contributed by atoms with Crippen LogP contribution in [0.1, 0.15) is 27.2 Å². The lowest BCUT2D eigenvalue weighted by Gasteiger charge is -2.38. The molecule has 0 spiro atoms. The average molecular weight is 270 g/mol. The van der Waals surface area contributed by atoms with E-state index in [-0.39, 0.29) is 18.0 Å². The second-order valence-electron chi connectivity index (χ2n) is 5.84. The van der Waals surface area contributed by atoms with Gasteiger partial charge in [0.2, 0.25) is 5.91 Å². The molecule has 0 radical (unpaired) electrons. The van der Waals surface area contributed by atoms with Crippen molar-refractivity contribution in [1.82, 2.24) is 20.4 Å². The van der Waals surface area contributed by atoms with Gasteiger partial charge in [-0.1, -0.05) is 6.92 Å². The third-order valence-corrected chi connectivity index (χ3v) is 4.03. The van der Waals surface area contributed by atoms with E-state index in [9.17, 15) is 4.79 Å². The summed E-state index contributed by atoms with van der Waals surface area (Å²) in [6, 6.07) is 0.604. The van der Waals surface area contributed by atoms with E-state index in [1.807, 2.05) is 13.8 Å². The smallest absolute Gasteiger partial charge is 0.237 e. The van der Waals surface area contributed by atoms with Crippen molar-refractivity contribution in [1.29, 1.82) is 0 Å². The topological polar surface area (TPSA) is 47.6 Å². The van der Waals surface area contributed by atoms with Gasteiger partial charge in [0, 0.05) is 38.3 Å². The van der Waals surface area contributed by atoms with Gasteiger partial charge in [-0.05, 0) is 34.4 Å². The number of hydrogen-bond acceptors (Lipinski definition) is 4. The first kappa shape index (κ1) is 16.4. The molecule has 0 aliphatic carbocycles. The van der Waals surface area contributed by atoms with E-state index in [1.165, 1.54) is 0 Å². The lowest BCUT2D eigenvalue weighted by atomic mass is 10.1. The molecular weight excluding hydrogens is 240 g/mol. The molecule has 2 N–H and O–H groups in total. The van der Waals surface area contributed by atoms with Crippen molar-refractivity contribution in [3.63, 3.8) is 0 Å². The summed E-state index contributed by atoms with van der Waals surface area (Å²) in [4.78, 5) is 16.6. The van der Waals surface area contributed by atoms with Gasteiger partial charge in [-0.2, -0.15) is 0 Å². The van der Waals surface area contributed by atoms with Gasteiger partial charge in [-0.3, -0.25) is 9.69 Å². The molecule has 112 valence electrons. The number of nitrogens with one attached hydrogen (secondary N) is 2. The molecule has 1 amide bonds. The summed E-state index contributed by atoms with van der Waals surface area (Å²) in [5.74, 6) is 0.0983. The molecule has 0 saturated carbocycles. The maximum absolute atomic E-state index is 11.9.